The van der Waals surface area contributed by atoms with Gasteiger partial charge in [-0.05, 0) is 38.0 Å². The molecule has 0 saturated carbocycles. The normalized spacial score (nSPS) is 19.4. The topological polar surface area (TPSA) is 20.3 Å². The molecule has 1 aliphatic rings. The Morgan fingerprint density at radius 3 is 2.68 bits per heavy atom. The van der Waals surface area contributed by atoms with Crippen LogP contribution in [-0.2, 0) is 11.3 Å². The summed E-state index contributed by atoms with van der Waals surface area (Å²) in [5, 5.41) is 0. The molecule has 19 heavy (non-hydrogen) atoms. The van der Waals surface area contributed by atoms with Gasteiger partial charge in [-0.15, -0.1) is 0 Å². The van der Waals surface area contributed by atoms with E-state index in [1.807, 2.05) is 34.9 Å². The predicted molar refractivity (Wildman–Crippen MR) is 82.2 cm³/mol. The van der Waals surface area contributed by atoms with Crippen LogP contribution < -0.4 is 0 Å². The Hall–Kier alpha value is -0.960. The Balaban J connectivity index is 2.04. The number of rotatable bonds is 4. The Morgan fingerprint density at radius 2 is 2.11 bits per heavy atom. The third kappa shape index (κ3) is 4.00. The van der Waals surface area contributed by atoms with Crippen molar-refractivity contribution in [3.63, 3.8) is 0 Å². The van der Waals surface area contributed by atoms with Crippen LogP contribution in [0.3, 0.4) is 0 Å². The minimum absolute atomic E-state index is 0.227. The maximum absolute atomic E-state index is 12.7. The molecule has 1 aromatic rings. The van der Waals surface area contributed by atoms with E-state index in [9.17, 15) is 4.79 Å². The van der Waals surface area contributed by atoms with Gasteiger partial charge in [-0.2, -0.15) is 11.8 Å². The number of hydrogen-bond donors (Lipinski definition) is 0. The van der Waals surface area contributed by atoms with Crippen LogP contribution in [0.15, 0.2) is 30.3 Å². The van der Waals surface area contributed by atoms with Gasteiger partial charge in [0.25, 0.3) is 0 Å². The van der Waals surface area contributed by atoms with Crippen LogP contribution in [0, 0.1) is 5.92 Å². The lowest BCUT2D eigenvalue weighted by Gasteiger charge is -2.32. The van der Waals surface area contributed by atoms with Gasteiger partial charge < -0.3 is 4.90 Å². The largest absolute Gasteiger partial charge is 0.336 e. The van der Waals surface area contributed by atoms with Crippen molar-refractivity contribution in [3.8, 4) is 0 Å². The van der Waals surface area contributed by atoms with Crippen LogP contribution in [0.1, 0.15) is 32.3 Å². The average Bonchev–Trinajstić information content (AvgIpc) is 2.46. The number of nitrogens with zero attached hydrogens (tertiary/aromatic N) is 1. The van der Waals surface area contributed by atoms with Crippen LogP contribution in [0.2, 0.25) is 0 Å². The number of carbonyl (C=O) groups excluding carboxylic acids is 1. The molecule has 0 N–H and O–H groups in total. The number of hydrogen-bond acceptors (Lipinski definition) is 2. The second kappa shape index (κ2) is 6.99. The van der Waals surface area contributed by atoms with Gasteiger partial charge in [-0.3, -0.25) is 4.79 Å². The highest BCUT2D eigenvalue weighted by molar-refractivity contribution is 7.99. The summed E-state index contributed by atoms with van der Waals surface area (Å²) in [5.74, 6) is 2.77. The Bertz CT molecular complexity index is 398. The summed E-state index contributed by atoms with van der Waals surface area (Å²) in [4.78, 5) is 14.7. The van der Waals surface area contributed by atoms with Gasteiger partial charge >= 0.3 is 0 Å². The number of benzene rings is 1. The fraction of sp³-hybridized carbons (Fsp3) is 0.562. The van der Waals surface area contributed by atoms with Crippen LogP contribution in [0.25, 0.3) is 0 Å². The van der Waals surface area contributed by atoms with Crippen molar-refractivity contribution in [1.29, 1.82) is 0 Å². The van der Waals surface area contributed by atoms with Crippen molar-refractivity contribution in [2.45, 2.75) is 39.3 Å². The van der Waals surface area contributed by atoms with Gasteiger partial charge in [0, 0.05) is 24.3 Å². The molecule has 0 aromatic heterocycles. The highest BCUT2D eigenvalue weighted by atomic mass is 32.2. The highest BCUT2D eigenvalue weighted by Crippen LogP contribution is 2.25. The number of thioether (sulfide) groups is 1. The molecule has 1 aliphatic heterocycles. The minimum atomic E-state index is 0.227. The molecule has 0 bridgehead atoms. The summed E-state index contributed by atoms with van der Waals surface area (Å²) in [6, 6.07) is 10.5. The summed E-state index contributed by atoms with van der Waals surface area (Å²) in [7, 11) is 0. The van der Waals surface area contributed by atoms with Crippen molar-refractivity contribution < 1.29 is 4.79 Å². The van der Waals surface area contributed by atoms with Crippen molar-refractivity contribution >= 4 is 17.7 Å². The second-order valence-electron chi connectivity index (χ2n) is 5.46. The smallest absolute Gasteiger partial charge is 0.227 e. The first-order chi connectivity index (χ1) is 9.18. The molecule has 0 aliphatic carbocycles. The van der Waals surface area contributed by atoms with E-state index in [1.54, 1.807) is 0 Å². The van der Waals surface area contributed by atoms with E-state index in [2.05, 4.69) is 26.0 Å². The fourth-order valence-corrected chi connectivity index (χ4v) is 3.60. The van der Waals surface area contributed by atoms with E-state index in [-0.39, 0.29) is 12.0 Å². The van der Waals surface area contributed by atoms with Gasteiger partial charge in [0.2, 0.25) is 5.91 Å². The molecule has 1 unspecified atom stereocenters. The van der Waals surface area contributed by atoms with Crippen molar-refractivity contribution in [1.82, 2.24) is 4.90 Å². The molecule has 1 fully saturated rings. The summed E-state index contributed by atoms with van der Waals surface area (Å²) >= 11 is 1.92. The zero-order valence-electron chi connectivity index (χ0n) is 11.8. The Morgan fingerprint density at radius 1 is 1.37 bits per heavy atom. The van der Waals surface area contributed by atoms with Crippen LogP contribution in [-0.4, -0.2) is 28.4 Å². The quantitative estimate of drug-likeness (QED) is 0.838. The maximum Gasteiger partial charge on any atom is 0.227 e. The Labute approximate surface area is 120 Å². The zero-order valence-corrected chi connectivity index (χ0v) is 12.7. The first kappa shape index (κ1) is 14.4. The molecule has 1 aromatic carbocycles. The maximum atomic E-state index is 12.7. The third-order valence-corrected chi connectivity index (χ3v) is 4.83. The van der Waals surface area contributed by atoms with Crippen molar-refractivity contribution in [2.75, 3.05) is 11.5 Å². The lowest BCUT2D eigenvalue weighted by Crippen LogP contribution is -2.41. The Kier molecular flexibility index (Phi) is 5.32. The van der Waals surface area contributed by atoms with E-state index in [0.29, 0.717) is 5.91 Å². The molecule has 1 heterocycles. The molecule has 0 radical (unpaired) electrons. The second-order valence-corrected chi connectivity index (χ2v) is 6.61. The molecule has 0 spiro atoms. The predicted octanol–water partition coefficient (Wildman–Crippen LogP) is 3.57. The molecular weight excluding hydrogens is 254 g/mol. The molecule has 1 amide bonds. The van der Waals surface area contributed by atoms with Crippen LogP contribution in [0.5, 0.6) is 0 Å². The lowest BCUT2D eigenvalue weighted by molar-refractivity contribution is -0.137. The van der Waals surface area contributed by atoms with Gasteiger partial charge in [0.15, 0.2) is 0 Å². The van der Waals surface area contributed by atoms with Crippen molar-refractivity contribution in [2.24, 2.45) is 5.92 Å². The standard InChI is InChI=1S/C16H23NOS/c1-13(2)17(11-14-7-4-3-5-8-14)16(18)15-9-6-10-19-12-15/h3-5,7-8,13,15H,6,9-12H2,1-2H3. The monoisotopic (exact) mass is 277 g/mol. The molecule has 2 rings (SSSR count). The summed E-state index contributed by atoms with van der Waals surface area (Å²) in [6.07, 6.45) is 2.24. The summed E-state index contributed by atoms with van der Waals surface area (Å²) in [6.45, 7) is 4.95. The van der Waals surface area contributed by atoms with Crippen LogP contribution >= 0.6 is 11.8 Å². The van der Waals surface area contributed by atoms with E-state index in [1.165, 1.54) is 17.7 Å². The summed E-state index contributed by atoms with van der Waals surface area (Å²) in [5.41, 5.74) is 1.22. The first-order valence-electron chi connectivity index (χ1n) is 7.10. The van der Waals surface area contributed by atoms with Gasteiger partial charge in [0.05, 0.1) is 0 Å². The van der Waals surface area contributed by atoms with Gasteiger partial charge in [-0.1, -0.05) is 30.3 Å². The molecule has 104 valence electrons. The van der Waals surface area contributed by atoms with Gasteiger partial charge in [-0.25, -0.2) is 0 Å². The van der Waals surface area contributed by atoms with Crippen LogP contribution in [0.4, 0.5) is 0 Å². The van der Waals surface area contributed by atoms with E-state index in [0.717, 1.165) is 18.7 Å². The van der Waals surface area contributed by atoms with E-state index >= 15 is 0 Å². The SMILES string of the molecule is CC(C)N(Cc1ccccc1)C(=O)C1CCCSC1. The molecule has 3 heteroatoms. The minimum Gasteiger partial charge on any atom is -0.336 e. The average molecular weight is 277 g/mol. The summed E-state index contributed by atoms with van der Waals surface area (Å²) < 4.78 is 0. The first-order valence-corrected chi connectivity index (χ1v) is 8.26. The molecule has 2 nitrogen and oxygen atoms in total. The van der Waals surface area contributed by atoms with Crippen molar-refractivity contribution in [3.05, 3.63) is 35.9 Å². The molecular formula is C16H23NOS. The zero-order chi connectivity index (χ0) is 13.7. The number of amides is 1. The fourth-order valence-electron chi connectivity index (χ4n) is 2.47. The van der Waals surface area contributed by atoms with E-state index < -0.39 is 0 Å². The third-order valence-electron chi connectivity index (χ3n) is 3.61. The lowest BCUT2D eigenvalue weighted by atomic mass is 10.0. The highest BCUT2D eigenvalue weighted by Gasteiger charge is 2.27. The molecule has 1 saturated heterocycles. The number of carbonyl (C=O) groups is 1. The van der Waals surface area contributed by atoms with E-state index in [4.69, 9.17) is 0 Å². The van der Waals surface area contributed by atoms with Gasteiger partial charge in [0.1, 0.15) is 0 Å². The molecule has 1 atom stereocenters.